The van der Waals surface area contributed by atoms with Crippen molar-refractivity contribution in [1.82, 2.24) is 0 Å². The minimum atomic E-state index is -2.19. The van der Waals surface area contributed by atoms with E-state index in [4.69, 9.17) is 0 Å². The molecule has 4 nitrogen and oxygen atoms in total. The summed E-state index contributed by atoms with van der Waals surface area (Å²) in [5, 5.41) is 37.3. The first-order chi connectivity index (χ1) is 5.99. The van der Waals surface area contributed by atoms with Crippen molar-refractivity contribution < 1.29 is 20.4 Å². The Bertz CT molecular complexity index is 286. The summed E-state index contributed by atoms with van der Waals surface area (Å²) in [5.74, 6) is -2.84. The van der Waals surface area contributed by atoms with Crippen molar-refractivity contribution in [2.45, 2.75) is 19.1 Å². The summed E-state index contributed by atoms with van der Waals surface area (Å²) in [4.78, 5) is 0. The summed E-state index contributed by atoms with van der Waals surface area (Å²) in [6.07, 6.45) is -0.0157. The van der Waals surface area contributed by atoms with Gasteiger partial charge in [-0.25, -0.2) is 0 Å². The number of hydrogen-bond acceptors (Lipinski definition) is 4. The Morgan fingerprint density at radius 1 is 1.15 bits per heavy atom. The molecule has 0 aliphatic rings. The summed E-state index contributed by atoms with van der Waals surface area (Å²) in [6.45, 7) is 1.53. The van der Waals surface area contributed by atoms with Gasteiger partial charge in [0.1, 0.15) is 11.5 Å². The Morgan fingerprint density at radius 2 is 1.62 bits per heavy atom. The van der Waals surface area contributed by atoms with E-state index in [2.05, 4.69) is 0 Å². The van der Waals surface area contributed by atoms with Crippen molar-refractivity contribution in [2.75, 3.05) is 0 Å². The molecule has 0 fully saturated rings. The molecule has 4 heteroatoms. The molecule has 0 unspecified atom stereocenters. The van der Waals surface area contributed by atoms with Gasteiger partial charge in [0.05, 0.1) is 5.56 Å². The fourth-order valence-corrected chi connectivity index (χ4v) is 1.12. The lowest BCUT2D eigenvalue weighted by Crippen LogP contribution is -2.23. The second-order valence-corrected chi connectivity index (χ2v) is 2.84. The molecular weight excluding hydrogens is 172 g/mol. The fourth-order valence-electron chi connectivity index (χ4n) is 1.12. The van der Waals surface area contributed by atoms with Crippen molar-refractivity contribution in [3.63, 3.8) is 0 Å². The highest BCUT2D eigenvalue weighted by molar-refractivity contribution is 5.45. The second-order valence-electron chi connectivity index (χ2n) is 2.84. The van der Waals surface area contributed by atoms with Crippen LogP contribution in [0, 0.1) is 0 Å². The van der Waals surface area contributed by atoms with E-state index < -0.39 is 5.79 Å². The minimum absolute atomic E-state index is 0.0157. The van der Waals surface area contributed by atoms with E-state index in [1.165, 1.54) is 25.1 Å². The van der Waals surface area contributed by atoms with Crippen LogP contribution in [0.15, 0.2) is 18.2 Å². The maximum absolute atomic E-state index is 9.39. The maximum Gasteiger partial charge on any atom is 0.196 e. The number of phenols is 2. The molecule has 4 N–H and O–H groups in total. The smallest absolute Gasteiger partial charge is 0.196 e. The summed E-state index contributed by atoms with van der Waals surface area (Å²) in [6, 6.07) is 3.98. The normalized spacial score (nSPS) is 11.6. The van der Waals surface area contributed by atoms with Crippen LogP contribution in [0.5, 0.6) is 11.5 Å². The molecule has 0 saturated heterocycles. The lowest BCUT2D eigenvalue weighted by Gasteiger charge is -2.21. The standard InChI is InChI=1S/C9H12O4/c1-2-9(12,13)8-6(10)4-3-5-7(8)11/h3-5,10-13H,2H2,1H3. The van der Waals surface area contributed by atoms with Gasteiger partial charge in [0.25, 0.3) is 0 Å². The number of aliphatic hydroxyl groups is 2. The lowest BCUT2D eigenvalue weighted by atomic mass is 10.0. The van der Waals surface area contributed by atoms with E-state index in [-0.39, 0.29) is 23.5 Å². The average Bonchev–Trinajstić information content (AvgIpc) is 2.03. The molecule has 0 aliphatic heterocycles. The molecule has 13 heavy (non-hydrogen) atoms. The summed E-state index contributed by atoms with van der Waals surface area (Å²) < 4.78 is 0. The highest BCUT2D eigenvalue weighted by Crippen LogP contribution is 2.36. The summed E-state index contributed by atoms with van der Waals surface area (Å²) >= 11 is 0. The predicted octanol–water partition coefficient (Wildman–Crippen LogP) is 0.645. The molecule has 0 radical (unpaired) electrons. The van der Waals surface area contributed by atoms with E-state index in [9.17, 15) is 20.4 Å². The molecule has 0 spiro atoms. The van der Waals surface area contributed by atoms with Crippen LogP contribution < -0.4 is 0 Å². The van der Waals surface area contributed by atoms with Gasteiger partial charge in [0.2, 0.25) is 0 Å². The van der Waals surface area contributed by atoms with E-state index in [1.54, 1.807) is 0 Å². The number of rotatable bonds is 2. The van der Waals surface area contributed by atoms with Gasteiger partial charge in [-0.05, 0) is 12.1 Å². The second kappa shape index (κ2) is 3.24. The van der Waals surface area contributed by atoms with Crippen LogP contribution in [-0.4, -0.2) is 20.4 Å². The lowest BCUT2D eigenvalue weighted by molar-refractivity contribution is -0.173. The first kappa shape index (κ1) is 9.83. The largest absolute Gasteiger partial charge is 0.507 e. The Morgan fingerprint density at radius 3 is 2.00 bits per heavy atom. The molecule has 1 aromatic rings. The van der Waals surface area contributed by atoms with Gasteiger partial charge in [0, 0.05) is 6.42 Å². The van der Waals surface area contributed by atoms with Crippen LogP contribution in [0.4, 0.5) is 0 Å². The Balaban J connectivity index is 3.28. The van der Waals surface area contributed by atoms with Crippen LogP contribution >= 0.6 is 0 Å². The molecule has 0 aliphatic carbocycles. The molecule has 1 aromatic carbocycles. The average molecular weight is 184 g/mol. The zero-order valence-corrected chi connectivity index (χ0v) is 7.23. The highest BCUT2D eigenvalue weighted by Gasteiger charge is 2.29. The fraction of sp³-hybridized carbons (Fsp3) is 0.333. The van der Waals surface area contributed by atoms with Gasteiger partial charge in [-0.15, -0.1) is 0 Å². The van der Waals surface area contributed by atoms with Crippen LogP contribution in [-0.2, 0) is 5.79 Å². The topological polar surface area (TPSA) is 80.9 Å². The van der Waals surface area contributed by atoms with Gasteiger partial charge in [0.15, 0.2) is 5.79 Å². The van der Waals surface area contributed by atoms with Crippen molar-refractivity contribution >= 4 is 0 Å². The first-order valence-electron chi connectivity index (χ1n) is 3.95. The number of aromatic hydroxyl groups is 2. The molecule has 1 rings (SSSR count). The van der Waals surface area contributed by atoms with E-state index >= 15 is 0 Å². The van der Waals surface area contributed by atoms with Crippen LogP contribution in [0.25, 0.3) is 0 Å². The van der Waals surface area contributed by atoms with Gasteiger partial charge < -0.3 is 20.4 Å². The molecule has 72 valence electrons. The zero-order valence-electron chi connectivity index (χ0n) is 7.23. The highest BCUT2D eigenvalue weighted by atomic mass is 16.5. The van der Waals surface area contributed by atoms with Crippen molar-refractivity contribution in [3.8, 4) is 11.5 Å². The monoisotopic (exact) mass is 184 g/mol. The number of hydrogen-bond donors (Lipinski definition) is 4. The van der Waals surface area contributed by atoms with Gasteiger partial charge >= 0.3 is 0 Å². The third-order valence-corrected chi connectivity index (χ3v) is 1.91. The first-order valence-corrected chi connectivity index (χ1v) is 3.95. The maximum atomic E-state index is 9.39. The Kier molecular flexibility index (Phi) is 2.45. The minimum Gasteiger partial charge on any atom is -0.507 e. The SMILES string of the molecule is CCC(O)(O)c1c(O)cccc1O. The third-order valence-electron chi connectivity index (χ3n) is 1.91. The number of phenolic OH excluding ortho intramolecular Hbond substituents is 2. The summed E-state index contributed by atoms with van der Waals surface area (Å²) in [5.41, 5.74) is -0.252. The molecule has 0 heterocycles. The number of benzene rings is 1. The molecular formula is C9H12O4. The van der Waals surface area contributed by atoms with E-state index in [0.29, 0.717) is 0 Å². The van der Waals surface area contributed by atoms with Gasteiger partial charge in [-0.3, -0.25) is 0 Å². The van der Waals surface area contributed by atoms with Crippen molar-refractivity contribution in [3.05, 3.63) is 23.8 Å². The van der Waals surface area contributed by atoms with E-state index in [0.717, 1.165) is 0 Å². The molecule has 0 bridgehead atoms. The molecule has 0 atom stereocenters. The van der Waals surface area contributed by atoms with Crippen LogP contribution in [0.2, 0.25) is 0 Å². The third kappa shape index (κ3) is 1.74. The van der Waals surface area contributed by atoms with Gasteiger partial charge in [-0.1, -0.05) is 13.0 Å². The zero-order chi connectivity index (χ0) is 10.1. The van der Waals surface area contributed by atoms with Crippen molar-refractivity contribution in [2.24, 2.45) is 0 Å². The molecule has 0 aromatic heterocycles. The van der Waals surface area contributed by atoms with E-state index in [1.807, 2.05) is 0 Å². The van der Waals surface area contributed by atoms with Crippen LogP contribution in [0.1, 0.15) is 18.9 Å². The van der Waals surface area contributed by atoms with Crippen molar-refractivity contribution in [1.29, 1.82) is 0 Å². The quantitative estimate of drug-likeness (QED) is 0.508. The predicted molar refractivity (Wildman–Crippen MR) is 46.2 cm³/mol. The Labute approximate surface area is 75.7 Å². The Hall–Kier alpha value is -1.26. The molecule has 0 saturated carbocycles. The van der Waals surface area contributed by atoms with Gasteiger partial charge in [-0.2, -0.15) is 0 Å². The van der Waals surface area contributed by atoms with Crippen LogP contribution in [0.3, 0.4) is 0 Å². The molecule has 0 amide bonds. The summed E-state index contributed by atoms with van der Waals surface area (Å²) in [7, 11) is 0.